The van der Waals surface area contributed by atoms with Gasteiger partial charge in [-0.15, -0.1) is 0 Å². The monoisotopic (exact) mass is 320 g/mol. The number of aliphatic hydroxyl groups excluding tert-OH is 4. The fourth-order valence-corrected chi connectivity index (χ4v) is 2.39. The van der Waals surface area contributed by atoms with Crippen molar-refractivity contribution in [2.75, 3.05) is 0 Å². The van der Waals surface area contributed by atoms with Crippen LogP contribution in [-0.4, -0.2) is 55.9 Å². The molecule has 0 bridgehead atoms. The van der Waals surface area contributed by atoms with Crippen molar-refractivity contribution in [1.29, 1.82) is 0 Å². The molecule has 4 unspecified atom stereocenters. The highest BCUT2D eigenvalue weighted by molar-refractivity contribution is 5.72. The Hall–Kier alpha value is -0.690. The van der Waals surface area contributed by atoms with E-state index in [4.69, 9.17) is 15.3 Å². The molecule has 0 aromatic carbocycles. The smallest absolute Gasteiger partial charge is 0.335 e. The standard InChI is InChI=1S/C16H32O6/c1-12(17)9-7-5-3-2-4-6-8-10-13(18)11-14(19)15(20)16(21)22/h12-15,17-20H,2-11H2,1H3,(H,21,22). The van der Waals surface area contributed by atoms with Gasteiger partial charge in [0.1, 0.15) is 0 Å². The molecule has 22 heavy (non-hydrogen) atoms. The average Bonchev–Trinajstić information content (AvgIpc) is 2.44. The summed E-state index contributed by atoms with van der Waals surface area (Å²) in [6.07, 6.45) is 4.36. The largest absolute Gasteiger partial charge is 0.479 e. The third-order valence-electron chi connectivity index (χ3n) is 3.79. The van der Waals surface area contributed by atoms with Gasteiger partial charge >= 0.3 is 5.97 Å². The maximum atomic E-state index is 10.5. The number of rotatable bonds is 14. The van der Waals surface area contributed by atoms with Crippen molar-refractivity contribution in [3.05, 3.63) is 0 Å². The molecule has 4 atom stereocenters. The molecule has 0 radical (unpaired) electrons. The normalized spacial score (nSPS) is 17.0. The van der Waals surface area contributed by atoms with Gasteiger partial charge in [0.15, 0.2) is 6.10 Å². The van der Waals surface area contributed by atoms with Gasteiger partial charge in [0.2, 0.25) is 0 Å². The number of carboxylic acid groups (broad SMARTS) is 1. The molecular weight excluding hydrogens is 288 g/mol. The zero-order valence-corrected chi connectivity index (χ0v) is 13.5. The van der Waals surface area contributed by atoms with Crippen molar-refractivity contribution in [3.8, 4) is 0 Å². The minimum absolute atomic E-state index is 0.118. The Morgan fingerprint density at radius 3 is 1.73 bits per heavy atom. The number of carboxylic acids is 1. The van der Waals surface area contributed by atoms with Gasteiger partial charge in [-0.05, 0) is 19.8 Å². The molecule has 0 aromatic rings. The van der Waals surface area contributed by atoms with Gasteiger partial charge in [0, 0.05) is 6.42 Å². The molecule has 6 heteroatoms. The van der Waals surface area contributed by atoms with Gasteiger partial charge in [0.25, 0.3) is 0 Å². The Labute approximate surface area is 132 Å². The van der Waals surface area contributed by atoms with Gasteiger partial charge in [-0.3, -0.25) is 0 Å². The predicted octanol–water partition coefficient (Wildman–Crippen LogP) is 1.44. The highest BCUT2D eigenvalue weighted by atomic mass is 16.4. The van der Waals surface area contributed by atoms with E-state index >= 15 is 0 Å². The zero-order chi connectivity index (χ0) is 17.0. The number of hydrogen-bond acceptors (Lipinski definition) is 5. The first-order valence-electron chi connectivity index (χ1n) is 8.29. The molecule has 0 aliphatic rings. The van der Waals surface area contributed by atoms with Crippen LogP contribution >= 0.6 is 0 Å². The van der Waals surface area contributed by atoms with E-state index in [1.54, 1.807) is 6.92 Å². The Balaban J connectivity index is 3.45. The van der Waals surface area contributed by atoms with Crippen LogP contribution in [0.5, 0.6) is 0 Å². The molecule has 0 rings (SSSR count). The van der Waals surface area contributed by atoms with Crippen LogP contribution < -0.4 is 0 Å². The maximum Gasteiger partial charge on any atom is 0.335 e. The van der Waals surface area contributed by atoms with E-state index in [1.165, 1.54) is 0 Å². The van der Waals surface area contributed by atoms with E-state index in [9.17, 15) is 15.0 Å². The predicted molar refractivity (Wildman–Crippen MR) is 83.5 cm³/mol. The Kier molecular flexibility index (Phi) is 12.4. The summed E-state index contributed by atoms with van der Waals surface area (Å²) in [5, 5.41) is 45.9. The molecule has 0 amide bonds. The molecule has 0 aliphatic carbocycles. The lowest BCUT2D eigenvalue weighted by atomic mass is 10.0. The summed E-state index contributed by atoms with van der Waals surface area (Å²) in [6, 6.07) is 0. The van der Waals surface area contributed by atoms with Gasteiger partial charge < -0.3 is 25.5 Å². The van der Waals surface area contributed by atoms with Crippen molar-refractivity contribution in [2.24, 2.45) is 0 Å². The van der Waals surface area contributed by atoms with Crippen LogP contribution in [0.25, 0.3) is 0 Å². The van der Waals surface area contributed by atoms with E-state index < -0.39 is 24.3 Å². The van der Waals surface area contributed by atoms with Crippen LogP contribution in [0, 0.1) is 0 Å². The van der Waals surface area contributed by atoms with Crippen LogP contribution in [0.3, 0.4) is 0 Å². The zero-order valence-electron chi connectivity index (χ0n) is 13.5. The lowest BCUT2D eigenvalue weighted by Gasteiger charge is -2.17. The second kappa shape index (κ2) is 12.8. The number of carbonyl (C=O) groups is 1. The highest BCUT2D eigenvalue weighted by Gasteiger charge is 2.25. The summed E-state index contributed by atoms with van der Waals surface area (Å²) >= 11 is 0. The second-order valence-electron chi connectivity index (χ2n) is 6.14. The molecular formula is C16H32O6. The van der Waals surface area contributed by atoms with Crippen molar-refractivity contribution in [1.82, 2.24) is 0 Å². The van der Waals surface area contributed by atoms with Crippen molar-refractivity contribution >= 4 is 5.97 Å². The van der Waals surface area contributed by atoms with Crippen LogP contribution in [-0.2, 0) is 4.79 Å². The summed E-state index contributed by atoms with van der Waals surface area (Å²) in [4.78, 5) is 10.5. The Morgan fingerprint density at radius 2 is 1.27 bits per heavy atom. The molecule has 0 heterocycles. The van der Waals surface area contributed by atoms with Crippen LogP contribution in [0.4, 0.5) is 0 Å². The third-order valence-corrected chi connectivity index (χ3v) is 3.79. The van der Waals surface area contributed by atoms with E-state index in [1.807, 2.05) is 0 Å². The Bertz CT molecular complexity index is 282. The topological polar surface area (TPSA) is 118 Å². The number of unbranched alkanes of at least 4 members (excludes halogenated alkanes) is 6. The Morgan fingerprint density at radius 1 is 0.818 bits per heavy atom. The summed E-state index contributed by atoms with van der Waals surface area (Å²) < 4.78 is 0. The minimum atomic E-state index is -1.84. The summed E-state index contributed by atoms with van der Waals surface area (Å²) in [7, 11) is 0. The summed E-state index contributed by atoms with van der Waals surface area (Å²) in [6.45, 7) is 1.80. The van der Waals surface area contributed by atoms with Crippen LogP contribution in [0.1, 0.15) is 71.1 Å². The van der Waals surface area contributed by atoms with E-state index in [-0.39, 0.29) is 12.5 Å². The first kappa shape index (κ1) is 21.3. The van der Waals surface area contributed by atoms with Gasteiger partial charge in [-0.1, -0.05) is 44.9 Å². The average molecular weight is 320 g/mol. The third kappa shape index (κ3) is 11.9. The fraction of sp³-hybridized carbons (Fsp3) is 0.938. The number of aliphatic hydroxyl groups is 4. The molecule has 0 saturated heterocycles. The quantitative estimate of drug-likeness (QED) is 0.309. The highest BCUT2D eigenvalue weighted by Crippen LogP contribution is 2.14. The molecule has 0 spiro atoms. The van der Waals surface area contributed by atoms with Crippen molar-refractivity contribution in [3.63, 3.8) is 0 Å². The lowest BCUT2D eigenvalue weighted by Crippen LogP contribution is -2.36. The minimum Gasteiger partial charge on any atom is -0.479 e. The SMILES string of the molecule is CC(O)CCCCCCCCCC(O)CC(O)C(O)C(=O)O. The van der Waals surface area contributed by atoms with Crippen LogP contribution in [0.2, 0.25) is 0 Å². The fourth-order valence-electron chi connectivity index (χ4n) is 2.39. The van der Waals surface area contributed by atoms with E-state index in [0.717, 1.165) is 51.4 Å². The van der Waals surface area contributed by atoms with Gasteiger partial charge in [-0.25, -0.2) is 4.79 Å². The molecule has 6 nitrogen and oxygen atoms in total. The van der Waals surface area contributed by atoms with E-state index in [2.05, 4.69) is 0 Å². The van der Waals surface area contributed by atoms with Gasteiger partial charge in [-0.2, -0.15) is 0 Å². The van der Waals surface area contributed by atoms with Gasteiger partial charge in [0.05, 0.1) is 18.3 Å². The molecule has 0 fully saturated rings. The first-order valence-corrected chi connectivity index (χ1v) is 8.29. The maximum absolute atomic E-state index is 10.5. The lowest BCUT2D eigenvalue weighted by molar-refractivity contribution is -0.153. The molecule has 0 aromatic heterocycles. The second-order valence-corrected chi connectivity index (χ2v) is 6.14. The molecule has 132 valence electrons. The molecule has 5 N–H and O–H groups in total. The van der Waals surface area contributed by atoms with E-state index in [0.29, 0.717) is 6.42 Å². The number of hydrogen-bond donors (Lipinski definition) is 5. The summed E-state index contributed by atoms with van der Waals surface area (Å²) in [5.41, 5.74) is 0. The number of aliphatic carboxylic acids is 1. The van der Waals surface area contributed by atoms with Crippen LogP contribution in [0.15, 0.2) is 0 Å². The first-order chi connectivity index (χ1) is 10.3. The van der Waals surface area contributed by atoms with Crippen molar-refractivity contribution < 1.29 is 30.3 Å². The molecule has 0 aliphatic heterocycles. The molecule has 0 saturated carbocycles. The summed E-state index contributed by atoms with van der Waals surface area (Å²) in [5.74, 6) is -1.48. The van der Waals surface area contributed by atoms with Crippen molar-refractivity contribution in [2.45, 2.75) is 95.5 Å².